The minimum atomic E-state index is -2.56. The number of ether oxygens (including phenoxy) is 1. The van der Waals surface area contributed by atoms with E-state index < -0.39 is 18.5 Å². The van der Waals surface area contributed by atoms with Gasteiger partial charge in [0.25, 0.3) is 12.9 Å². The number of halogens is 4. The maximum atomic E-state index is 13.5. The fourth-order valence-electron chi connectivity index (χ4n) is 8.67. The van der Waals surface area contributed by atoms with Crippen LogP contribution in [0.1, 0.15) is 89.7 Å². The van der Waals surface area contributed by atoms with Crippen molar-refractivity contribution in [1.82, 2.24) is 9.97 Å². The van der Waals surface area contributed by atoms with Gasteiger partial charge in [0.15, 0.2) is 0 Å². The van der Waals surface area contributed by atoms with Crippen LogP contribution in [0.25, 0.3) is 21.8 Å². The van der Waals surface area contributed by atoms with Gasteiger partial charge in [-0.05, 0) is 137 Å². The van der Waals surface area contributed by atoms with Crippen molar-refractivity contribution in [3.8, 4) is 0 Å². The molecule has 0 amide bonds. The molecular weight excluding hydrogens is 682 g/mol. The molecule has 2 N–H and O–H groups in total. The van der Waals surface area contributed by atoms with Crippen LogP contribution in [0.5, 0.6) is 0 Å². The van der Waals surface area contributed by atoms with E-state index >= 15 is 0 Å². The molecule has 4 fully saturated rings. The second-order valence-electron chi connectivity index (χ2n) is 16.6. The van der Waals surface area contributed by atoms with Crippen LogP contribution < -0.4 is 15.5 Å². The molecule has 0 radical (unpaired) electrons. The number of piperidine rings is 2. The number of esters is 1. The van der Waals surface area contributed by atoms with Crippen LogP contribution in [0.4, 0.5) is 28.9 Å². The summed E-state index contributed by atoms with van der Waals surface area (Å²) in [5.74, 6) is 2.68. The molecule has 2 aromatic carbocycles. The van der Waals surface area contributed by atoms with Gasteiger partial charge in [0, 0.05) is 77.9 Å². The van der Waals surface area contributed by atoms with Crippen LogP contribution in [0.15, 0.2) is 60.9 Å². The van der Waals surface area contributed by atoms with E-state index in [0.29, 0.717) is 35.2 Å². The van der Waals surface area contributed by atoms with Gasteiger partial charge in [-0.1, -0.05) is 0 Å². The average Bonchev–Trinajstić information content (AvgIpc) is 4.04. The summed E-state index contributed by atoms with van der Waals surface area (Å²) in [7, 11) is 0. The third-order valence-electron chi connectivity index (χ3n) is 11.2. The molecule has 4 aliphatic rings. The smallest absolute Gasteiger partial charge is 0.306 e. The lowest BCUT2D eigenvalue weighted by Gasteiger charge is -2.40. The van der Waals surface area contributed by atoms with Crippen molar-refractivity contribution in [2.24, 2.45) is 35.3 Å². The van der Waals surface area contributed by atoms with Gasteiger partial charge in [-0.15, -0.1) is 0 Å². The van der Waals surface area contributed by atoms with Crippen LogP contribution in [-0.4, -0.2) is 53.8 Å². The maximum absolute atomic E-state index is 13.5. The third kappa shape index (κ3) is 8.88. The number of carbonyl (C=O) groups excluding carboxylic acids is 1. The maximum Gasteiger partial charge on any atom is 0.306 e. The Morgan fingerprint density at radius 3 is 1.70 bits per heavy atom. The SMILES string of the molecule is CC(C)(C)OC(=O)CC1CC(C2CC2)CN(c2ccc(C(F)F)c3ncccc23)C1.NC1CC(C2CC2)CN(c2ccc(C(F)F)c3ncccc23)C1. The lowest BCUT2D eigenvalue weighted by Crippen LogP contribution is -2.47. The Hall–Kier alpha value is -3.99. The van der Waals surface area contributed by atoms with Gasteiger partial charge in [0.2, 0.25) is 0 Å². The number of anilines is 2. The molecule has 4 unspecified atom stereocenters. The molecule has 4 heterocycles. The van der Waals surface area contributed by atoms with Crippen molar-refractivity contribution in [2.75, 3.05) is 36.0 Å². The number of aromatic nitrogens is 2. The van der Waals surface area contributed by atoms with Crippen LogP contribution in [0, 0.1) is 29.6 Å². The van der Waals surface area contributed by atoms with E-state index in [9.17, 15) is 22.4 Å². The van der Waals surface area contributed by atoms with E-state index in [0.717, 1.165) is 67.1 Å². The number of alkyl halides is 4. The molecule has 4 atom stereocenters. The first-order valence-corrected chi connectivity index (χ1v) is 19.1. The number of hydrogen-bond donors (Lipinski definition) is 1. The molecule has 2 aliphatic carbocycles. The highest BCUT2D eigenvalue weighted by Crippen LogP contribution is 2.45. The Labute approximate surface area is 309 Å². The van der Waals surface area contributed by atoms with Gasteiger partial charge in [-0.2, -0.15) is 0 Å². The fraction of sp³-hybridized carbons (Fsp3) is 0.548. The Balaban J connectivity index is 0.000000170. The zero-order valence-electron chi connectivity index (χ0n) is 30.9. The molecule has 0 bridgehead atoms. The van der Waals surface area contributed by atoms with Crippen molar-refractivity contribution in [3.63, 3.8) is 0 Å². The number of benzene rings is 2. The van der Waals surface area contributed by atoms with Gasteiger partial charge in [-0.3, -0.25) is 14.8 Å². The quantitative estimate of drug-likeness (QED) is 0.143. The first-order chi connectivity index (χ1) is 25.3. The first kappa shape index (κ1) is 37.3. The van der Waals surface area contributed by atoms with Crippen LogP contribution in [0.2, 0.25) is 0 Å². The summed E-state index contributed by atoms with van der Waals surface area (Å²) in [4.78, 5) is 25.5. The van der Waals surface area contributed by atoms with E-state index in [1.807, 2.05) is 45.0 Å². The molecule has 2 aliphatic heterocycles. The summed E-state index contributed by atoms with van der Waals surface area (Å²) in [5, 5.41) is 1.55. The normalized spacial score (nSPS) is 23.7. The minimum absolute atomic E-state index is 0.00407. The summed E-state index contributed by atoms with van der Waals surface area (Å²) in [5.41, 5.74) is 8.43. The van der Waals surface area contributed by atoms with Crippen LogP contribution in [0.3, 0.4) is 0 Å². The predicted molar refractivity (Wildman–Crippen MR) is 201 cm³/mol. The number of pyridine rings is 2. The van der Waals surface area contributed by atoms with E-state index in [4.69, 9.17) is 10.5 Å². The lowest BCUT2D eigenvalue weighted by molar-refractivity contribution is -0.156. The van der Waals surface area contributed by atoms with Gasteiger partial charge in [-0.25, -0.2) is 17.6 Å². The second kappa shape index (κ2) is 15.4. The molecule has 2 saturated heterocycles. The lowest BCUT2D eigenvalue weighted by atomic mass is 9.84. The fourth-order valence-corrected chi connectivity index (χ4v) is 8.67. The monoisotopic (exact) mass is 733 g/mol. The summed E-state index contributed by atoms with van der Waals surface area (Å²) in [6.07, 6.45) is 5.64. The highest BCUT2D eigenvalue weighted by Gasteiger charge is 2.39. The Morgan fingerprint density at radius 1 is 0.736 bits per heavy atom. The zero-order chi connectivity index (χ0) is 37.4. The largest absolute Gasteiger partial charge is 0.460 e. The summed E-state index contributed by atoms with van der Waals surface area (Å²) in [6, 6.07) is 14.1. The number of rotatable bonds is 8. The highest BCUT2D eigenvalue weighted by atomic mass is 19.3. The second-order valence-corrected chi connectivity index (χ2v) is 16.6. The van der Waals surface area contributed by atoms with Gasteiger partial charge in [0.05, 0.1) is 17.5 Å². The Morgan fingerprint density at radius 2 is 1.23 bits per heavy atom. The molecule has 0 spiro atoms. The third-order valence-corrected chi connectivity index (χ3v) is 11.2. The molecule has 7 nitrogen and oxygen atoms in total. The van der Waals surface area contributed by atoms with E-state index in [-0.39, 0.29) is 29.1 Å². The first-order valence-electron chi connectivity index (χ1n) is 19.1. The van der Waals surface area contributed by atoms with Crippen LogP contribution in [-0.2, 0) is 9.53 Å². The minimum Gasteiger partial charge on any atom is -0.460 e. The zero-order valence-corrected chi connectivity index (χ0v) is 30.9. The van der Waals surface area contributed by atoms with Crippen molar-refractivity contribution in [1.29, 1.82) is 0 Å². The summed E-state index contributed by atoms with van der Waals surface area (Å²) >= 11 is 0. The standard InChI is InChI=1S/C24H30F2N2O2.C18H21F2N3/c1-24(2,3)30-21(29)12-15-11-17(16-6-7-16)14-28(13-15)20-9-8-19(23(25)26)22-18(20)5-4-10-27-22;19-18(20)15-5-6-16(14-2-1-7-22-17(14)15)23-9-12(11-3-4-11)8-13(21)10-23/h4-5,8-10,15-17,23H,6-7,11-14H2,1-3H3;1-2,5-7,11-13,18H,3-4,8-10,21H2. The molecular formula is C42H51F4N5O2. The molecule has 8 rings (SSSR count). The Bertz CT molecular complexity index is 1910. The number of nitrogens with zero attached hydrogens (tertiary/aromatic N) is 4. The molecule has 284 valence electrons. The van der Waals surface area contributed by atoms with Crippen molar-refractivity contribution in [3.05, 3.63) is 72.1 Å². The van der Waals surface area contributed by atoms with Gasteiger partial charge < -0.3 is 20.3 Å². The van der Waals surface area contributed by atoms with Crippen molar-refractivity contribution >= 4 is 39.1 Å². The predicted octanol–water partition coefficient (Wildman–Crippen LogP) is 9.49. The Kier molecular flexibility index (Phi) is 10.8. The molecule has 11 heteroatoms. The van der Waals surface area contributed by atoms with E-state index in [1.54, 1.807) is 24.5 Å². The molecule has 4 aromatic rings. The van der Waals surface area contributed by atoms with Crippen LogP contribution >= 0.6 is 0 Å². The summed E-state index contributed by atoms with van der Waals surface area (Å²) in [6.45, 7) is 9.02. The van der Waals surface area contributed by atoms with Crippen molar-refractivity contribution in [2.45, 2.75) is 90.2 Å². The molecule has 2 aromatic heterocycles. The van der Waals surface area contributed by atoms with E-state index in [2.05, 4.69) is 19.8 Å². The number of carbonyl (C=O) groups is 1. The average molecular weight is 734 g/mol. The van der Waals surface area contributed by atoms with E-state index in [1.165, 1.54) is 37.8 Å². The van der Waals surface area contributed by atoms with Gasteiger partial charge >= 0.3 is 5.97 Å². The number of nitrogens with two attached hydrogens (primary N) is 1. The highest BCUT2D eigenvalue weighted by molar-refractivity contribution is 5.95. The summed E-state index contributed by atoms with van der Waals surface area (Å²) < 4.78 is 59.0. The number of fused-ring (bicyclic) bond motifs is 2. The van der Waals surface area contributed by atoms with Crippen molar-refractivity contribution < 1.29 is 27.1 Å². The number of hydrogen-bond acceptors (Lipinski definition) is 7. The molecule has 53 heavy (non-hydrogen) atoms. The molecule has 2 saturated carbocycles. The topological polar surface area (TPSA) is 84.6 Å². The van der Waals surface area contributed by atoms with Gasteiger partial charge in [0.1, 0.15) is 5.60 Å².